The van der Waals surface area contributed by atoms with Crippen LogP contribution in [0.5, 0.6) is 0 Å². The number of nitrogens with zero attached hydrogens (tertiary/aromatic N) is 2. The van der Waals surface area contributed by atoms with Crippen molar-refractivity contribution in [3.8, 4) is 0 Å². The van der Waals surface area contributed by atoms with Crippen molar-refractivity contribution in [2.45, 2.75) is 58.4 Å². The van der Waals surface area contributed by atoms with Crippen LogP contribution in [-0.4, -0.2) is 41.2 Å². The van der Waals surface area contributed by atoms with Crippen LogP contribution < -0.4 is 0 Å². The molecule has 172 valence electrons. The van der Waals surface area contributed by atoms with Crippen molar-refractivity contribution in [2.24, 2.45) is 11.8 Å². The third-order valence-electron chi connectivity index (χ3n) is 6.65. The molecule has 2 amide bonds. The Labute approximate surface area is 200 Å². The van der Waals surface area contributed by atoms with E-state index >= 15 is 0 Å². The second-order valence-electron chi connectivity index (χ2n) is 9.54. The van der Waals surface area contributed by atoms with E-state index in [-0.39, 0.29) is 30.3 Å². The molecule has 2 aromatic rings. The lowest BCUT2D eigenvalue weighted by atomic mass is 9.88. The first-order valence-corrected chi connectivity index (χ1v) is 13.1. The van der Waals surface area contributed by atoms with Gasteiger partial charge in [-0.15, -0.1) is 11.3 Å². The molecule has 1 saturated carbocycles. The summed E-state index contributed by atoms with van der Waals surface area (Å²) < 4.78 is 0. The van der Waals surface area contributed by atoms with Gasteiger partial charge in [-0.2, -0.15) is 0 Å². The number of carbonyl (C=O) groups is 2. The molecule has 1 aliphatic heterocycles. The van der Waals surface area contributed by atoms with Gasteiger partial charge in [-0.1, -0.05) is 56.8 Å². The lowest BCUT2D eigenvalue weighted by Gasteiger charge is -2.38. The van der Waals surface area contributed by atoms with Gasteiger partial charge in [0.2, 0.25) is 11.8 Å². The van der Waals surface area contributed by atoms with Crippen molar-refractivity contribution in [2.75, 3.05) is 19.6 Å². The highest BCUT2D eigenvalue weighted by Crippen LogP contribution is 2.38. The van der Waals surface area contributed by atoms with Crippen molar-refractivity contribution in [3.63, 3.8) is 0 Å². The summed E-state index contributed by atoms with van der Waals surface area (Å²) in [5, 5.41) is 2.80. The highest BCUT2D eigenvalue weighted by Gasteiger charge is 2.35. The Bertz CT molecular complexity index is 934. The van der Waals surface area contributed by atoms with Crippen molar-refractivity contribution >= 4 is 34.8 Å². The monoisotopic (exact) mass is 472 g/mol. The molecule has 32 heavy (non-hydrogen) atoms. The van der Waals surface area contributed by atoms with E-state index in [1.807, 2.05) is 34.1 Å². The summed E-state index contributed by atoms with van der Waals surface area (Å²) in [6.07, 6.45) is 6.22. The van der Waals surface area contributed by atoms with E-state index < -0.39 is 0 Å². The van der Waals surface area contributed by atoms with Gasteiger partial charge in [-0.05, 0) is 59.9 Å². The maximum atomic E-state index is 13.7. The first-order valence-electron chi connectivity index (χ1n) is 11.8. The molecule has 0 bridgehead atoms. The highest BCUT2D eigenvalue weighted by molar-refractivity contribution is 7.10. The van der Waals surface area contributed by atoms with Crippen molar-refractivity contribution < 1.29 is 9.59 Å². The number of hydrogen-bond donors (Lipinski definition) is 0. The normalized spacial score (nSPS) is 19.1. The van der Waals surface area contributed by atoms with E-state index in [1.54, 1.807) is 11.3 Å². The fourth-order valence-electron chi connectivity index (χ4n) is 5.12. The van der Waals surface area contributed by atoms with E-state index in [1.165, 1.54) is 16.9 Å². The predicted octanol–water partition coefficient (Wildman–Crippen LogP) is 5.94. The third-order valence-corrected chi connectivity index (χ3v) is 7.90. The number of fused-ring (bicyclic) bond motifs is 1. The number of hydrogen-bond acceptors (Lipinski definition) is 3. The smallest absolute Gasteiger partial charge is 0.242 e. The Morgan fingerprint density at radius 3 is 2.53 bits per heavy atom. The minimum absolute atomic E-state index is 0.0339. The first-order chi connectivity index (χ1) is 15.4. The SMILES string of the molecule is CC(C)CN(CC(=O)N1CCc2sccc2C1c1ccc(Cl)cc1)C(=O)C1CCCCC1. The molecule has 1 aromatic heterocycles. The zero-order chi connectivity index (χ0) is 22.7. The maximum Gasteiger partial charge on any atom is 0.242 e. The molecule has 1 aromatic carbocycles. The summed E-state index contributed by atoms with van der Waals surface area (Å²) in [6.45, 7) is 5.69. The minimum atomic E-state index is -0.125. The molecule has 4 rings (SSSR count). The van der Waals surface area contributed by atoms with E-state index in [0.29, 0.717) is 24.0 Å². The van der Waals surface area contributed by atoms with Gasteiger partial charge in [-0.3, -0.25) is 9.59 Å². The van der Waals surface area contributed by atoms with E-state index in [0.717, 1.165) is 37.7 Å². The summed E-state index contributed by atoms with van der Waals surface area (Å²) >= 11 is 7.89. The minimum Gasteiger partial charge on any atom is -0.333 e. The molecule has 1 unspecified atom stereocenters. The molecular weight excluding hydrogens is 440 g/mol. The van der Waals surface area contributed by atoms with Crippen LogP contribution in [-0.2, 0) is 16.0 Å². The van der Waals surface area contributed by atoms with Crippen LogP contribution in [0.4, 0.5) is 0 Å². The standard InChI is InChI=1S/C26H33ClN2O2S/c1-18(2)16-28(26(31)20-6-4-3-5-7-20)17-24(30)29-14-12-23-22(13-15-32-23)25(29)19-8-10-21(27)11-9-19/h8-11,13,15,18,20,25H,3-7,12,14,16-17H2,1-2H3. The van der Waals surface area contributed by atoms with Crippen LogP contribution >= 0.6 is 22.9 Å². The Morgan fingerprint density at radius 2 is 1.84 bits per heavy atom. The molecule has 1 fully saturated rings. The molecule has 0 spiro atoms. The number of amides is 2. The van der Waals surface area contributed by atoms with Crippen molar-refractivity contribution in [3.05, 3.63) is 56.7 Å². The quantitative estimate of drug-likeness (QED) is 0.522. The van der Waals surface area contributed by atoms with Crippen LogP contribution in [0.3, 0.4) is 0 Å². The van der Waals surface area contributed by atoms with Crippen molar-refractivity contribution in [1.82, 2.24) is 9.80 Å². The molecule has 2 heterocycles. The summed E-state index contributed by atoms with van der Waals surface area (Å²) in [7, 11) is 0. The predicted molar refractivity (Wildman–Crippen MR) is 131 cm³/mol. The average Bonchev–Trinajstić information content (AvgIpc) is 3.27. The van der Waals surface area contributed by atoms with Gasteiger partial charge in [0.15, 0.2) is 0 Å². The van der Waals surface area contributed by atoms with Gasteiger partial charge < -0.3 is 9.80 Å². The molecule has 0 N–H and O–H groups in total. The number of halogens is 1. The van der Waals surface area contributed by atoms with Gasteiger partial charge >= 0.3 is 0 Å². The third kappa shape index (κ3) is 5.20. The average molecular weight is 473 g/mol. The Balaban J connectivity index is 1.57. The zero-order valence-corrected chi connectivity index (χ0v) is 20.6. The summed E-state index contributed by atoms with van der Waals surface area (Å²) in [6, 6.07) is 9.81. The molecule has 2 aliphatic rings. The van der Waals surface area contributed by atoms with Crippen LogP contribution in [0.25, 0.3) is 0 Å². The first kappa shape index (κ1) is 23.3. The van der Waals surface area contributed by atoms with E-state index in [4.69, 9.17) is 11.6 Å². The second-order valence-corrected chi connectivity index (χ2v) is 11.0. The lowest BCUT2D eigenvalue weighted by molar-refractivity contribution is -0.145. The lowest BCUT2D eigenvalue weighted by Crippen LogP contribution is -2.49. The Morgan fingerprint density at radius 1 is 1.12 bits per heavy atom. The van der Waals surface area contributed by atoms with Gasteiger partial charge in [0.1, 0.15) is 0 Å². The fourth-order valence-corrected chi connectivity index (χ4v) is 6.15. The molecule has 1 atom stereocenters. The number of carbonyl (C=O) groups excluding carboxylic acids is 2. The summed E-state index contributed by atoms with van der Waals surface area (Å²) in [4.78, 5) is 32.2. The number of thiophene rings is 1. The Hall–Kier alpha value is -1.85. The van der Waals surface area contributed by atoms with Crippen LogP contribution in [0, 0.1) is 11.8 Å². The van der Waals surface area contributed by atoms with E-state index in [9.17, 15) is 9.59 Å². The number of rotatable bonds is 6. The molecule has 0 radical (unpaired) electrons. The molecule has 6 heteroatoms. The molecule has 0 saturated heterocycles. The fraction of sp³-hybridized carbons (Fsp3) is 0.538. The molecule has 1 aliphatic carbocycles. The number of benzene rings is 1. The van der Waals surface area contributed by atoms with Gasteiger partial charge in [0.05, 0.1) is 12.6 Å². The summed E-state index contributed by atoms with van der Waals surface area (Å²) in [5.74, 6) is 0.606. The Kier molecular flexibility index (Phi) is 7.57. The molecular formula is C26H33ClN2O2S. The van der Waals surface area contributed by atoms with Crippen LogP contribution in [0.1, 0.15) is 68.0 Å². The van der Waals surface area contributed by atoms with Crippen LogP contribution in [0.2, 0.25) is 5.02 Å². The topological polar surface area (TPSA) is 40.6 Å². The van der Waals surface area contributed by atoms with Gasteiger partial charge in [-0.25, -0.2) is 0 Å². The van der Waals surface area contributed by atoms with E-state index in [2.05, 4.69) is 25.3 Å². The zero-order valence-electron chi connectivity index (χ0n) is 19.1. The van der Waals surface area contributed by atoms with Crippen molar-refractivity contribution in [1.29, 1.82) is 0 Å². The van der Waals surface area contributed by atoms with Gasteiger partial charge in [0, 0.05) is 28.9 Å². The summed E-state index contributed by atoms with van der Waals surface area (Å²) in [5.41, 5.74) is 2.27. The largest absolute Gasteiger partial charge is 0.333 e. The second kappa shape index (κ2) is 10.4. The van der Waals surface area contributed by atoms with Gasteiger partial charge in [0.25, 0.3) is 0 Å². The highest BCUT2D eigenvalue weighted by atomic mass is 35.5. The molecule has 4 nitrogen and oxygen atoms in total. The maximum absolute atomic E-state index is 13.7. The van der Waals surface area contributed by atoms with Crippen LogP contribution in [0.15, 0.2) is 35.7 Å².